The summed E-state index contributed by atoms with van der Waals surface area (Å²) in [6.45, 7) is 0. The third kappa shape index (κ3) is 4.72. The predicted molar refractivity (Wildman–Crippen MR) is 131 cm³/mol. The number of benzene rings is 3. The van der Waals surface area contributed by atoms with E-state index in [1.165, 1.54) is 4.90 Å². The zero-order chi connectivity index (χ0) is 25.9. The van der Waals surface area contributed by atoms with Crippen molar-refractivity contribution in [1.29, 1.82) is 0 Å². The molecule has 3 aromatic carbocycles. The normalized spacial score (nSPS) is 14.8. The van der Waals surface area contributed by atoms with Gasteiger partial charge in [-0.05, 0) is 29.8 Å². The third-order valence-electron chi connectivity index (χ3n) is 5.28. The van der Waals surface area contributed by atoms with E-state index in [1.54, 1.807) is 60.7 Å². The van der Waals surface area contributed by atoms with Crippen molar-refractivity contribution in [3.63, 3.8) is 0 Å². The first-order valence-electron chi connectivity index (χ1n) is 10.5. The number of nitro benzene ring substituents is 1. The number of nitrogens with zero attached hydrogens (tertiary/aromatic N) is 2. The van der Waals surface area contributed by atoms with Crippen molar-refractivity contribution in [2.24, 2.45) is 0 Å². The summed E-state index contributed by atoms with van der Waals surface area (Å²) in [4.78, 5) is 37.2. The van der Waals surface area contributed by atoms with E-state index in [1.807, 2.05) is 0 Å². The first-order chi connectivity index (χ1) is 17.2. The zero-order valence-corrected chi connectivity index (χ0v) is 19.6. The van der Waals surface area contributed by atoms with Crippen LogP contribution in [0.15, 0.2) is 107 Å². The molecular weight excluding hydrogens is 486 g/mol. The number of Topliss-reactive ketones (excluding diaryl/α,β-unsaturated/α-hetero) is 1. The molecule has 3 aromatic rings. The van der Waals surface area contributed by atoms with E-state index in [0.717, 1.165) is 37.5 Å². The van der Waals surface area contributed by atoms with E-state index in [-0.39, 0.29) is 27.7 Å². The molecule has 0 aliphatic carbocycles. The molecule has 1 aliphatic rings. The van der Waals surface area contributed by atoms with E-state index >= 15 is 0 Å². The van der Waals surface area contributed by atoms with E-state index in [0.29, 0.717) is 11.3 Å². The lowest BCUT2D eigenvalue weighted by atomic mass is 10.0. The fraction of sp³-hybridized carbons (Fsp3) is 0.0400. The Morgan fingerprint density at radius 3 is 2.11 bits per heavy atom. The van der Waals surface area contributed by atoms with Crippen LogP contribution in [-0.2, 0) is 24.3 Å². The smallest absolute Gasteiger partial charge is 0.332 e. The maximum atomic E-state index is 13.6. The Bertz CT molecular complexity index is 1500. The number of nitro groups is 1. The lowest BCUT2D eigenvalue weighted by Crippen LogP contribution is -2.33. The highest BCUT2D eigenvalue weighted by atomic mass is 32.2. The maximum Gasteiger partial charge on any atom is 0.332 e. The number of esters is 1. The van der Waals surface area contributed by atoms with Crippen LogP contribution >= 0.6 is 0 Å². The number of carbonyl (C=O) groups is 2. The number of anilines is 1. The average Bonchev–Trinajstić information content (AvgIpc) is 3.14. The Kier molecular flexibility index (Phi) is 6.66. The molecule has 0 aromatic heterocycles. The molecule has 1 heterocycles. The Balaban J connectivity index is 1.92. The van der Waals surface area contributed by atoms with E-state index in [4.69, 9.17) is 4.74 Å². The number of methoxy groups -OCH3 is 1. The van der Waals surface area contributed by atoms with Gasteiger partial charge in [0.15, 0.2) is 0 Å². The number of non-ortho nitro benzene ring substituents is 1. The molecule has 10 nitrogen and oxygen atoms in total. The summed E-state index contributed by atoms with van der Waals surface area (Å²) in [6.07, 6.45) is 0.992. The number of rotatable bonds is 7. The number of ketones is 1. The van der Waals surface area contributed by atoms with Gasteiger partial charge in [-0.15, -0.1) is 0 Å². The predicted octanol–water partition coefficient (Wildman–Crippen LogP) is 3.39. The molecule has 0 radical (unpaired) electrons. The highest BCUT2D eigenvalue weighted by Crippen LogP contribution is 2.38. The summed E-state index contributed by atoms with van der Waals surface area (Å²) in [7, 11) is -3.15. The summed E-state index contributed by atoms with van der Waals surface area (Å²) < 4.78 is 33.9. The number of allylic oxidation sites excluding steroid dienone is 1. The van der Waals surface area contributed by atoms with Crippen LogP contribution in [0, 0.1) is 10.1 Å². The summed E-state index contributed by atoms with van der Waals surface area (Å²) in [5.41, 5.74) is 0.447. The molecular formula is C25H19N3O7S. The monoisotopic (exact) mass is 505 g/mol. The standard InChI is InChI=1S/C25H19N3O7S/c1-35-22(29)16-21-24(30)23(17-8-4-2-5-9-17)25(27(21)18-10-6-3-7-11-18)26-36(33,34)20-14-12-19(13-15-20)28(31)32/h2-16,26H,1H3/b21-16+. The van der Waals surface area contributed by atoms with Crippen LogP contribution in [-0.4, -0.2) is 32.2 Å². The van der Waals surface area contributed by atoms with Gasteiger partial charge in [0.05, 0.1) is 28.6 Å². The van der Waals surface area contributed by atoms with Crippen molar-refractivity contribution < 1.29 is 27.7 Å². The van der Waals surface area contributed by atoms with Crippen LogP contribution in [0.5, 0.6) is 0 Å². The molecule has 182 valence electrons. The van der Waals surface area contributed by atoms with Crippen molar-refractivity contribution >= 4 is 38.7 Å². The molecule has 0 amide bonds. The molecule has 1 aliphatic heterocycles. The van der Waals surface area contributed by atoms with Gasteiger partial charge in [0.25, 0.3) is 15.7 Å². The molecule has 0 atom stereocenters. The fourth-order valence-electron chi connectivity index (χ4n) is 3.62. The quantitative estimate of drug-likeness (QED) is 0.223. The average molecular weight is 506 g/mol. The molecule has 4 rings (SSSR count). The summed E-state index contributed by atoms with van der Waals surface area (Å²) in [6, 6.07) is 21.1. The molecule has 36 heavy (non-hydrogen) atoms. The highest BCUT2D eigenvalue weighted by molar-refractivity contribution is 7.89. The van der Waals surface area contributed by atoms with Crippen molar-refractivity contribution in [1.82, 2.24) is 4.72 Å². The van der Waals surface area contributed by atoms with Gasteiger partial charge in [-0.2, -0.15) is 0 Å². The topological polar surface area (TPSA) is 136 Å². The van der Waals surface area contributed by atoms with Crippen molar-refractivity contribution in [2.45, 2.75) is 4.90 Å². The minimum absolute atomic E-state index is 0.0140. The van der Waals surface area contributed by atoms with Crippen molar-refractivity contribution in [3.8, 4) is 0 Å². The lowest BCUT2D eigenvalue weighted by Gasteiger charge is -2.24. The Morgan fingerprint density at radius 2 is 1.56 bits per heavy atom. The number of hydrogen-bond acceptors (Lipinski definition) is 8. The molecule has 1 N–H and O–H groups in total. The van der Waals surface area contributed by atoms with Crippen molar-refractivity contribution in [3.05, 3.63) is 118 Å². The highest BCUT2D eigenvalue weighted by Gasteiger charge is 2.39. The van der Waals surface area contributed by atoms with Gasteiger partial charge in [-0.1, -0.05) is 48.5 Å². The van der Waals surface area contributed by atoms with Crippen LogP contribution in [0.1, 0.15) is 5.56 Å². The first kappa shape index (κ1) is 24.4. The summed E-state index contributed by atoms with van der Waals surface area (Å²) >= 11 is 0. The molecule has 11 heteroatoms. The molecule has 0 spiro atoms. The molecule has 0 bridgehead atoms. The Hall–Kier alpha value is -4.77. The van der Waals surface area contributed by atoms with Gasteiger partial charge >= 0.3 is 5.97 Å². The number of sulfonamides is 1. The third-order valence-corrected chi connectivity index (χ3v) is 6.64. The maximum absolute atomic E-state index is 13.6. The second kappa shape index (κ2) is 9.84. The van der Waals surface area contributed by atoms with E-state index in [9.17, 15) is 28.1 Å². The number of carbonyl (C=O) groups excluding carboxylic acids is 2. The molecule has 0 saturated carbocycles. The minimum atomic E-state index is -4.32. The van der Waals surface area contributed by atoms with Gasteiger partial charge in [0, 0.05) is 17.8 Å². The second-order valence-electron chi connectivity index (χ2n) is 7.50. The van der Waals surface area contributed by atoms with Gasteiger partial charge in [-0.25, -0.2) is 13.2 Å². The van der Waals surface area contributed by atoms with E-state index in [2.05, 4.69) is 4.72 Å². The number of ether oxygens (including phenoxy) is 1. The summed E-state index contributed by atoms with van der Waals surface area (Å²) in [5, 5.41) is 11.0. The Morgan fingerprint density at radius 1 is 0.972 bits per heavy atom. The first-order valence-corrected chi connectivity index (χ1v) is 12.0. The number of nitrogens with one attached hydrogen (secondary N) is 1. The van der Waals surface area contributed by atoms with Gasteiger partial charge < -0.3 is 4.74 Å². The molecule has 0 unspecified atom stereocenters. The largest absolute Gasteiger partial charge is 0.466 e. The number of para-hydroxylation sites is 1. The minimum Gasteiger partial charge on any atom is -0.466 e. The van der Waals surface area contributed by atoms with E-state index < -0.39 is 26.7 Å². The molecule has 0 saturated heterocycles. The Labute approximate surface area is 206 Å². The second-order valence-corrected chi connectivity index (χ2v) is 9.18. The zero-order valence-electron chi connectivity index (χ0n) is 18.8. The van der Waals surface area contributed by atoms with Crippen LogP contribution < -0.4 is 9.62 Å². The van der Waals surface area contributed by atoms with Crippen LogP contribution in [0.3, 0.4) is 0 Å². The summed E-state index contributed by atoms with van der Waals surface area (Å²) in [5.74, 6) is -1.51. The lowest BCUT2D eigenvalue weighted by molar-refractivity contribution is -0.384. The van der Waals surface area contributed by atoms with Crippen LogP contribution in [0.4, 0.5) is 11.4 Å². The van der Waals surface area contributed by atoms with Crippen LogP contribution in [0.2, 0.25) is 0 Å². The molecule has 0 fully saturated rings. The van der Waals surface area contributed by atoms with Gasteiger partial charge in [0.1, 0.15) is 11.5 Å². The van der Waals surface area contributed by atoms with Crippen molar-refractivity contribution in [2.75, 3.05) is 12.0 Å². The fourth-order valence-corrected chi connectivity index (χ4v) is 4.68. The number of hydrogen-bond donors (Lipinski definition) is 1. The van der Waals surface area contributed by atoms with Gasteiger partial charge in [0.2, 0.25) is 5.78 Å². The van der Waals surface area contributed by atoms with Crippen LogP contribution in [0.25, 0.3) is 5.57 Å². The van der Waals surface area contributed by atoms with Gasteiger partial charge in [-0.3, -0.25) is 24.5 Å². The SMILES string of the molecule is COC(=O)/C=C1\C(=O)C(c2ccccc2)=C(NS(=O)(=O)c2ccc([N+](=O)[O-])cc2)N1c1ccccc1.